The van der Waals surface area contributed by atoms with Crippen molar-refractivity contribution in [3.05, 3.63) is 0 Å². The first-order valence-electron chi connectivity index (χ1n) is 6.30. The highest BCUT2D eigenvalue weighted by molar-refractivity contribution is 7.80. The highest BCUT2D eigenvalue weighted by atomic mass is 32.1. The summed E-state index contributed by atoms with van der Waals surface area (Å²) in [5.74, 6) is 0.460. The Morgan fingerprint density at radius 3 is 2.65 bits per heavy atom. The van der Waals surface area contributed by atoms with Gasteiger partial charge < -0.3 is 15.4 Å². The topological polar surface area (TPSA) is 55.6 Å². The molecule has 0 aromatic heterocycles. The maximum Gasteiger partial charge on any atom is 0.252 e. The first kappa shape index (κ1) is 12.8. The fourth-order valence-electron chi connectivity index (χ4n) is 2.26. The van der Waals surface area contributed by atoms with Crippen LogP contribution in [0.1, 0.15) is 32.6 Å². The van der Waals surface area contributed by atoms with Gasteiger partial charge in [0.15, 0.2) is 0 Å². The summed E-state index contributed by atoms with van der Waals surface area (Å²) in [6.07, 6.45) is 3.54. The van der Waals surface area contributed by atoms with Gasteiger partial charge in [0.05, 0.1) is 4.99 Å². The maximum atomic E-state index is 12.4. The number of hydrogen-bond acceptors (Lipinski definition) is 3. The summed E-state index contributed by atoms with van der Waals surface area (Å²) in [6, 6.07) is 0.397. The lowest BCUT2D eigenvalue weighted by Gasteiger charge is -2.26. The van der Waals surface area contributed by atoms with Crippen molar-refractivity contribution in [2.24, 2.45) is 11.7 Å². The fourth-order valence-corrected chi connectivity index (χ4v) is 2.36. The lowest BCUT2D eigenvalue weighted by atomic mass is 10.0. The zero-order valence-electron chi connectivity index (χ0n) is 10.2. The van der Waals surface area contributed by atoms with Crippen LogP contribution in [0.4, 0.5) is 0 Å². The number of ether oxygens (including phenoxy) is 1. The number of carbonyl (C=O) groups excluding carboxylic acids is 1. The van der Waals surface area contributed by atoms with Crippen molar-refractivity contribution in [3.63, 3.8) is 0 Å². The Balaban J connectivity index is 1.95. The molecule has 1 saturated heterocycles. The summed E-state index contributed by atoms with van der Waals surface area (Å²) in [6.45, 7) is 3.42. The largest absolute Gasteiger partial charge is 0.393 e. The van der Waals surface area contributed by atoms with Crippen molar-refractivity contribution >= 4 is 23.1 Å². The first-order chi connectivity index (χ1) is 8.09. The fraction of sp³-hybridized carbons (Fsp3) is 0.833. The first-order valence-corrected chi connectivity index (χ1v) is 6.71. The molecular formula is C12H20N2O2S. The van der Waals surface area contributed by atoms with E-state index >= 15 is 0 Å². The Kier molecular flexibility index (Phi) is 3.99. The van der Waals surface area contributed by atoms with Crippen LogP contribution in [0.3, 0.4) is 0 Å². The quantitative estimate of drug-likeness (QED) is 0.748. The van der Waals surface area contributed by atoms with Crippen LogP contribution < -0.4 is 5.73 Å². The highest BCUT2D eigenvalue weighted by Crippen LogP contribution is 2.30. The Bertz CT molecular complexity index is 318. The Labute approximate surface area is 107 Å². The zero-order chi connectivity index (χ0) is 12.4. The number of carbonyl (C=O) groups is 1. The van der Waals surface area contributed by atoms with Crippen LogP contribution in [0, 0.1) is 5.92 Å². The predicted octanol–water partition coefficient (Wildman–Crippen LogP) is 1.08. The SMILES string of the molecule is CC1CCOC1C(=O)N(CCC(N)=S)C1CC1. The smallest absolute Gasteiger partial charge is 0.252 e. The van der Waals surface area contributed by atoms with Crippen LogP contribution in [0.2, 0.25) is 0 Å². The van der Waals surface area contributed by atoms with E-state index in [2.05, 4.69) is 6.92 Å². The average Bonchev–Trinajstić information content (AvgIpc) is 3.00. The molecule has 0 spiro atoms. The summed E-state index contributed by atoms with van der Waals surface area (Å²) in [5.41, 5.74) is 5.50. The third-order valence-corrected chi connectivity index (χ3v) is 3.70. The summed E-state index contributed by atoms with van der Waals surface area (Å²) in [5, 5.41) is 0. The molecule has 2 unspecified atom stereocenters. The molecule has 1 saturated carbocycles. The molecule has 1 amide bonds. The van der Waals surface area contributed by atoms with Crippen molar-refractivity contribution in [2.75, 3.05) is 13.2 Å². The second-order valence-electron chi connectivity index (χ2n) is 5.04. The van der Waals surface area contributed by atoms with Crippen LogP contribution in [-0.2, 0) is 9.53 Å². The van der Waals surface area contributed by atoms with E-state index in [-0.39, 0.29) is 12.0 Å². The van der Waals surface area contributed by atoms with E-state index in [0.29, 0.717) is 36.5 Å². The Hall–Kier alpha value is -0.680. The number of nitrogens with zero attached hydrogens (tertiary/aromatic N) is 1. The summed E-state index contributed by atoms with van der Waals surface area (Å²) < 4.78 is 5.54. The number of hydrogen-bond donors (Lipinski definition) is 1. The van der Waals surface area contributed by atoms with Gasteiger partial charge in [-0.15, -0.1) is 0 Å². The van der Waals surface area contributed by atoms with Crippen LogP contribution in [0.5, 0.6) is 0 Å². The van der Waals surface area contributed by atoms with Gasteiger partial charge in [-0.1, -0.05) is 19.1 Å². The van der Waals surface area contributed by atoms with Crippen molar-refractivity contribution in [1.29, 1.82) is 0 Å². The van der Waals surface area contributed by atoms with E-state index in [9.17, 15) is 4.79 Å². The molecule has 2 atom stereocenters. The molecule has 0 aromatic carbocycles. The minimum atomic E-state index is -0.248. The van der Waals surface area contributed by atoms with Crippen LogP contribution in [-0.4, -0.2) is 41.1 Å². The number of nitrogens with two attached hydrogens (primary N) is 1. The molecule has 0 aromatic rings. The van der Waals surface area contributed by atoms with E-state index in [0.717, 1.165) is 19.3 Å². The van der Waals surface area contributed by atoms with Gasteiger partial charge in [-0.05, 0) is 25.2 Å². The van der Waals surface area contributed by atoms with Crippen molar-refractivity contribution in [1.82, 2.24) is 4.90 Å². The molecule has 1 aliphatic carbocycles. The maximum absolute atomic E-state index is 12.4. The normalized spacial score (nSPS) is 28.1. The van der Waals surface area contributed by atoms with E-state index in [1.807, 2.05) is 4.90 Å². The predicted molar refractivity (Wildman–Crippen MR) is 69.7 cm³/mol. The minimum absolute atomic E-state index is 0.133. The van der Waals surface area contributed by atoms with Crippen LogP contribution >= 0.6 is 12.2 Å². The summed E-state index contributed by atoms with van der Waals surface area (Å²) in [4.78, 5) is 14.8. The van der Waals surface area contributed by atoms with Gasteiger partial charge in [0.25, 0.3) is 5.91 Å². The molecule has 0 radical (unpaired) electrons. The van der Waals surface area contributed by atoms with E-state index in [1.54, 1.807) is 0 Å². The summed E-state index contributed by atoms with van der Waals surface area (Å²) >= 11 is 4.87. The highest BCUT2D eigenvalue weighted by Gasteiger charge is 2.39. The van der Waals surface area contributed by atoms with Crippen molar-refractivity contribution in [2.45, 2.75) is 44.8 Å². The zero-order valence-corrected chi connectivity index (χ0v) is 11.0. The van der Waals surface area contributed by atoms with Gasteiger partial charge in [-0.2, -0.15) is 0 Å². The molecule has 1 aliphatic heterocycles. The van der Waals surface area contributed by atoms with Gasteiger partial charge in [0.1, 0.15) is 6.10 Å². The van der Waals surface area contributed by atoms with E-state index < -0.39 is 0 Å². The molecule has 2 aliphatic rings. The molecule has 96 valence electrons. The standard InChI is InChI=1S/C12H20N2O2S/c1-8-5-7-16-11(8)12(15)14(9-2-3-9)6-4-10(13)17/h8-9,11H,2-7H2,1H3,(H2,13,17). The minimum Gasteiger partial charge on any atom is -0.393 e. The molecule has 2 rings (SSSR count). The third kappa shape index (κ3) is 3.16. The summed E-state index contributed by atoms with van der Waals surface area (Å²) in [7, 11) is 0. The molecular weight excluding hydrogens is 236 g/mol. The lowest BCUT2D eigenvalue weighted by molar-refractivity contribution is -0.143. The average molecular weight is 256 g/mol. The molecule has 0 bridgehead atoms. The molecule has 17 heavy (non-hydrogen) atoms. The van der Waals surface area contributed by atoms with Crippen molar-refractivity contribution in [3.8, 4) is 0 Å². The van der Waals surface area contributed by atoms with Crippen molar-refractivity contribution < 1.29 is 9.53 Å². The van der Waals surface area contributed by atoms with Gasteiger partial charge in [-0.3, -0.25) is 4.79 Å². The number of rotatable bonds is 5. The second-order valence-corrected chi connectivity index (χ2v) is 5.56. The van der Waals surface area contributed by atoms with E-state index in [4.69, 9.17) is 22.7 Å². The van der Waals surface area contributed by atoms with Crippen LogP contribution in [0.25, 0.3) is 0 Å². The number of amides is 1. The second kappa shape index (κ2) is 5.31. The molecule has 2 fully saturated rings. The molecule has 5 heteroatoms. The monoisotopic (exact) mass is 256 g/mol. The number of thiocarbonyl (C=S) groups is 1. The lowest BCUT2D eigenvalue weighted by Crippen LogP contribution is -2.43. The van der Waals surface area contributed by atoms with Gasteiger partial charge in [0.2, 0.25) is 0 Å². The van der Waals surface area contributed by atoms with Gasteiger partial charge in [0, 0.05) is 25.6 Å². The van der Waals surface area contributed by atoms with E-state index in [1.165, 1.54) is 0 Å². The molecule has 1 heterocycles. The Morgan fingerprint density at radius 2 is 2.18 bits per heavy atom. The Morgan fingerprint density at radius 1 is 1.47 bits per heavy atom. The van der Waals surface area contributed by atoms with Crippen LogP contribution in [0.15, 0.2) is 0 Å². The molecule has 2 N–H and O–H groups in total. The third-order valence-electron chi connectivity index (χ3n) is 3.50. The van der Waals surface area contributed by atoms with Gasteiger partial charge >= 0.3 is 0 Å². The molecule has 4 nitrogen and oxygen atoms in total. The van der Waals surface area contributed by atoms with Gasteiger partial charge in [-0.25, -0.2) is 0 Å².